The summed E-state index contributed by atoms with van der Waals surface area (Å²) >= 11 is 0. The van der Waals surface area contributed by atoms with Gasteiger partial charge >= 0.3 is 0 Å². The van der Waals surface area contributed by atoms with Crippen LogP contribution in [-0.4, -0.2) is 16.8 Å². The van der Waals surface area contributed by atoms with Crippen molar-refractivity contribution in [3.05, 3.63) is 35.9 Å². The first kappa shape index (κ1) is 8.26. The second-order valence-corrected chi connectivity index (χ2v) is 2.14. The third kappa shape index (κ3) is 1.60. The Balaban J connectivity index is 3.05. The van der Waals surface area contributed by atoms with Gasteiger partial charge in [-0.05, 0) is 0 Å². The lowest BCUT2D eigenvalue weighted by Gasteiger charge is -1.96. The molecule has 0 heterocycles. The second kappa shape index (κ2) is 3.52. The smallest absolute Gasteiger partial charge is 0.292 e. The van der Waals surface area contributed by atoms with Gasteiger partial charge in [0.15, 0.2) is 5.71 Å². The van der Waals surface area contributed by atoms with E-state index in [2.05, 4.69) is 5.16 Å². The van der Waals surface area contributed by atoms with Crippen molar-refractivity contribution >= 4 is 11.6 Å². The number of carbonyl (C=O) groups is 1. The minimum Gasteiger partial charge on any atom is -0.410 e. The van der Waals surface area contributed by atoms with Gasteiger partial charge in [0.2, 0.25) is 0 Å². The molecule has 4 nitrogen and oxygen atoms in total. The number of amides is 1. The van der Waals surface area contributed by atoms with Gasteiger partial charge < -0.3 is 5.21 Å². The third-order valence-corrected chi connectivity index (χ3v) is 1.36. The minimum absolute atomic E-state index is 0.240. The Labute approximate surface area is 69.3 Å². The SMILES string of the molecule is [NH]C(=O)C(=NO)c1ccccc1. The van der Waals surface area contributed by atoms with Crippen LogP contribution >= 0.6 is 0 Å². The van der Waals surface area contributed by atoms with Gasteiger partial charge in [-0.1, -0.05) is 35.5 Å². The topological polar surface area (TPSA) is 73.5 Å². The highest BCUT2D eigenvalue weighted by atomic mass is 16.4. The molecule has 4 heteroatoms. The van der Waals surface area contributed by atoms with Gasteiger partial charge in [-0.2, -0.15) is 0 Å². The van der Waals surface area contributed by atoms with Gasteiger partial charge in [0, 0.05) is 5.56 Å². The van der Waals surface area contributed by atoms with Gasteiger partial charge in [-0.25, -0.2) is 0 Å². The molecule has 0 saturated carbocycles. The Bertz CT molecular complexity index is 306. The van der Waals surface area contributed by atoms with Crippen molar-refractivity contribution in [1.29, 1.82) is 0 Å². The molecule has 1 amide bonds. The van der Waals surface area contributed by atoms with Crippen LogP contribution in [0.5, 0.6) is 0 Å². The number of hydrogen-bond acceptors (Lipinski definition) is 3. The Morgan fingerprint density at radius 2 is 1.92 bits per heavy atom. The Hall–Kier alpha value is -1.84. The molecule has 0 aliphatic heterocycles. The highest BCUT2D eigenvalue weighted by Crippen LogP contribution is 2.00. The standard InChI is InChI=1S/C8H7N2O2/c9-8(11)7(10-12)6-4-2-1-3-5-6/h1-5,9,12H. The maximum Gasteiger partial charge on any atom is 0.292 e. The number of benzene rings is 1. The molecule has 1 aromatic carbocycles. The fourth-order valence-corrected chi connectivity index (χ4v) is 0.830. The first-order valence-corrected chi connectivity index (χ1v) is 3.29. The number of rotatable bonds is 2. The molecule has 61 valence electrons. The molecule has 1 radical (unpaired) electrons. The number of nitrogens with zero attached hydrogens (tertiary/aromatic N) is 1. The molecule has 0 saturated heterocycles. The highest BCUT2D eigenvalue weighted by Gasteiger charge is 2.09. The lowest BCUT2D eigenvalue weighted by atomic mass is 10.1. The molecule has 0 aliphatic carbocycles. The van der Waals surface area contributed by atoms with E-state index in [1.54, 1.807) is 30.3 Å². The average Bonchev–Trinajstić information content (AvgIpc) is 2.07. The highest BCUT2D eigenvalue weighted by molar-refractivity contribution is 6.44. The van der Waals surface area contributed by atoms with Crippen molar-refractivity contribution in [2.75, 3.05) is 0 Å². The maximum absolute atomic E-state index is 10.6. The fourth-order valence-electron chi connectivity index (χ4n) is 0.830. The summed E-state index contributed by atoms with van der Waals surface area (Å²) in [5.41, 5.74) is 6.95. The Morgan fingerprint density at radius 3 is 2.33 bits per heavy atom. The summed E-state index contributed by atoms with van der Waals surface area (Å²) < 4.78 is 0. The zero-order chi connectivity index (χ0) is 8.97. The van der Waals surface area contributed by atoms with E-state index in [-0.39, 0.29) is 5.71 Å². The molecule has 1 aromatic rings. The lowest BCUT2D eigenvalue weighted by Crippen LogP contribution is -2.15. The molecule has 0 spiro atoms. The zero-order valence-electron chi connectivity index (χ0n) is 6.19. The van der Waals surface area contributed by atoms with E-state index in [9.17, 15) is 4.79 Å². The van der Waals surface area contributed by atoms with Crippen molar-refractivity contribution < 1.29 is 10.0 Å². The monoisotopic (exact) mass is 163 g/mol. The van der Waals surface area contributed by atoms with E-state index in [4.69, 9.17) is 10.9 Å². The van der Waals surface area contributed by atoms with Gasteiger partial charge in [-0.15, -0.1) is 0 Å². The van der Waals surface area contributed by atoms with Crippen LogP contribution in [0.3, 0.4) is 0 Å². The quantitative estimate of drug-likeness (QED) is 0.395. The molecule has 0 unspecified atom stereocenters. The zero-order valence-corrected chi connectivity index (χ0v) is 6.19. The van der Waals surface area contributed by atoms with Gasteiger partial charge in [0.05, 0.1) is 0 Å². The van der Waals surface area contributed by atoms with E-state index >= 15 is 0 Å². The molecule has 0 aromatic heterocycles. The Morgan fingerprint density at radius 1 is 1.33 bits per heavy atom. The summed E-state index contributed by atoms with van der Waals surface area (Å²) in [5.74, 6) is -0.997. The van der Waals surface area contributed by atoms with Crippen LogP contribution in [0.25, 0.3) is 0 Å². The van der Waals surface area contributed by atoms with Crippen molar-refractivity contribution in [2.45, 2.75) is 0 Å². The van der Waals surface area contributed by atoms with E-state index < -0.39 is 5.91 Å². The summed E-state index contributed by atoms with van der Waals surface area (Å²) in [6.45, 7) is 0. The number of nitrogens with one attached hydrogen (secondary N) is 1. The van der Waals surface area contributed by atoms with E-state index in [0.717, 1.165) is 0 Å². The normalized spacial score (nSPS) is 11.2. The summed E-state index contributed by atoms with van der Waals surface area (Å²) in [5, 5.41) is 11.1. The van der Waals surface area contributed by atoms with Crippen LogP contribution in [0, 0.1) is 0 Å². The Kier molecular flexibility index (Phi) is 2.42. The second-order valence-electron chi connectivity index (χ2n) is 2.14. The van der Waals surface area contributed by atoms with Gasteiger partial charge in [-0.3, -0.25) is 10.5 Å². The van der Waals surface area contributed by atoms with Crippen molar-refractivity contribution in [1.82, 2.24) is 5.73 Å². The largest absolute Gasteiger partial charge is 0.410 e. The molecule has 1 rings (SSSR count). The summed E-state index contributed by atoms with van der Waals surface area (Å²) in [6, 6.07) is 8.36. The molecule has 0 bridgehead atoms. The molecular weight excluding hydrogens is 156 g/mol. The summed E-state index contributed by atoms with van der Waals surface area (Å²) in [6.07, 6.45) is 0. The first-order valence-electron chi connectivity index (χ1n) is 3.29. The minimum atomic E-state index is -0.997. The fraction of sp³-hybridized carbons (Fsp3) is 0. The molecule has 0 fully saturated rings. The van der Waals surface area contributed by atoms with Crippen molar-refractivity contribution in [3.63, 3.8) is 0 Å². The van der Waals surface area contributed by atoms with Crippen LogP contribution in [0.15, 0.2) is 35.5 Å². The van der Waals surface area contributed by atoms with Crippen molar-refractivity contribution in [2.24, 2.45) is 5.16 Å². The van der Waals surface area contributed by atoms with E-state index in [1.165, 1.54) is 0 Å². The molecule has 12 heavy (non-hydrogen) atoms. The average molecular weight is 163 g/mol. The van der Waals surface area contributed by atoms with Crippen LogP contribution < -0.4 is 5.73 Å². The number of oxime groups is 1. The van der Waals surface area contributed by atoms with Crippen LogP contribution in [0.2, 0.25) is 0 Å². The maximum atomic E-state index is 10.6. The molecule has 0 atom stereocenters. The van der Waals surface area contributed by atoms with E-state index in [1.807, 2.05) is 0 Å². The van der Waals surface area contributed by atoms with E-state index in [0.29, 0.717) is 5.56 Å². The van der Waals surface area contributed by atoms with Crippen LogP contribution in [-0.2, 0) is 4.79 Å². The molecule has 2 N–H and O–H groups in total. The molecular formula is C8H7N2O2. The summed E-state index contributed by atoms with van der Waals surface area (Å²) in [7, 11) is 0. The number of hydrogen-bond donors (Lipinski definition) is 1. The van der Waals surface area contributed by atoms with Crippen LogP contribution in [0.1, 0.15) is 5.56 Å². The molecule has 0 aliphatic rings. The lowest BCUT2D eigenvalue weighted by molar-refractivity contribution is -0.112. The van der Waals surface area contributed by atoms with Crippen molar-refractivity contribution in [3.8, 4) is 0 Å². The predicted molar refractivity (Wildman–Crippen MR) is 42.9 cm³/mol. The predicted octanol–water partition coefficient (Wildman–Crippen LogP) is 0.674. The summed E-state index contributed by atoms with van der Waals surface area (Å²) in [4.78, 5) is 10.6. The van der Waals surface area contributed by atoms with Crippen LogP contribution in [0.4, 0.5) is 0 Å². The third-order valence-electron chi connectivity index (χ3n) is 1.36. The van der Waals surface area contributed by atoms with Gasteiger partial charge in [0.25, 0.3) is 5.91 Å². The number of carbonyl (C=O) groups excluding carboxylic acids is 1. The first-order chi connectivity index (χ1) is 5.75. The van der Waals surface area contributed by atoms with Gasteiger partial charge in [0.1, 0.15) is 0 Å².